The summed E-state index contributed by atoms with van der Waals surface area (Å²) in [5.74, 6) is -0.877. The summed E-state index contributed by atoms with van der Waals surface area (Å²) in [6.45, 7) is 6.43. The molecule has 0 saturated heterocycles. The summed E-state index contributed by atoms with van der Waals surface area (Å²) in [5, 5.41) is 0. The number of carbonyl (C=O) groups is 3. The molecular formula is C77H130O6. The fourth-order valence-corrected chi connectivity index (χ4v) is 9.79. The van der Waals surface area contributed by atoms with Crippen molar-refractivity contribution in [2.24, 2.45) is 0 Å². The Labute approximate surface area is 513 Å². The van der Waals surface area contributed by atoms with Gasteiger partial charge in [0.2, 0.25) is 0 Å². The summed E-state index contributed by atoms with van der Waals surface area (Å²) < 4.78 is 17.0. The number of hydrogen-bond donors (Lipinski definition) is 0. The first-order chi connectivity index (χ1) is 41.0. The van der Waals surface area contributed by atoms with E-state index in [-0.39, 0.29) is 31.1 Å². The molecule has 0 aliphatic heterocycles. The second kappa shape index (κ2) is 70.3. The molecule has 474 valence electrons. The maximum atomic E-state index is 13.0. The molecule has 0 heterocycles. The van der Waals surface area contributed by atoms with Crippen molar-refractivity contribution in [1.29, 1.82) is 0 Å². The molecule has 6 heteroatoms. The molecule has 0 aromatic rings. The van der Waals surface area contributed by atoms with Gasteiger partial charge in [0.25, 0.3) is 0 Å². The van der Waals surface area contributed by atoms with Crippen LogP contribution in [0.15, 0.2) is 122 Å². The lowest BCUT2D eigenvalue weighted by molar-refractivity contribution is -0.167. The van der Waals surface area contributed by atoms with Gasteiger partial charge in [0.05, 0.1) is 0 Å². The van der Waals surface area contributed by atoms with Crippen LogP contribution < -0.4 is 0 Å². The Morgan fingerprint density at radius 2 is 0.470 bits per heavy atom. The van der Waals surface area contributed by atoms with Crippen LogP contribution >= 0.6 is 0 Å². The Kier molecular flexibility index (Phi) is 66.7. The lowest BCUT2D eigenvalue weighted by Gasteiger charge is -2.18. The van der Waals surface area contributed by atoms with Gasteiger partial charge in [-0.05, 0) is 109 Å². The second-order valence-electron chi connectivity index (χ2n) is 23.0. The van der Waals surface area contributed by atoms with E-state index < -0.39 is 6.10 Å². The molecular weight excluding hydrogens is 1020 g/mol. The number of rotatable bonds is 63. The van der Waals surface area contributed by atoms with Gasteiger partial charge in [-0.1, -0.05) is 322 Å². The van der Waals surface area contributed by atoms with Gasteiger partial charge in [0.1, 0.15) is 13.2 Å². The Morgan fingerprint density at radius 3 is 0.735 bits per heavy atom. The minimum absolute atomic E-state index is 0.0788. The third kappa shape index (κ3) is 68.5. The number of ether oxygens (including phenoxy) is 3. The smallest absolute Gasteiger partial charge is 0.306 e. The summed E-state index contributed by atoms with van der Waals surface area (Å²) in [5.41, 5.74) is 0. The van der Waals surface area contributed by atoms with Gasteiger partial charge in [-0.15, -0.1) is 0 Å². The van der Waals surface area contributed by atoms with Crippen LogP contribution in [0.3, 0.4) is 0 Å². The SMILES string of the molecule is CC/C=C\C/C=C\C/C=C\C/C=C\C/C=C\C/C=C\CCCCCCCCCCC(=O)OCC(COC(=O)CCCCCCCCCCCCC)OC(=O)CCCCCCCCCCCCCCCC/C=C\C/C=C\C/C=C\C/C=C\CC. The Balaban J connectivity index is 4.26. The molecule has 0 radical (unpaired) electrons. The maximum absolute atomic E-state index is 13.0. The Hall–Kier alpha value is -4.19. The van der Waals surface area contributed by atoms with E-state index in [1.807, 2.05) is 0 Å². The van der Waals surface area contributed by atoms with Crippen molar-refractivity contribution in [1.82, 2.24) is 0 Å². The molecule has 0 fully saturated rings. The predicted octanol–water partition coefficient (Wildman–Crippen LogP) is 24.3. The zero-order valence-electron chi connectivity index (χ0n) is 54.4. The van der Waals surface area contributed by atoms with Crippen LogP contribution in [0.1, 0.15) is 329 Å². The summed E-state index contributed by atoms with van der Waals surface area (Å²) in [4.78, 5) is 38.4. The highest BCUT2D eigenvalue weighted by molar-refractivity contribution is 5.71. The lowest BCUT2D eigenvalue weighted by Crippen LogP contribution is -2.30. The van der Waals surface area contributed by atoms with E-state index in [0.29, 0.717) is 19.3 Å². The van der Waals surface area contributed by atoms with Gasteiger partial charge < -0.3 is 14.2 Å². The monoisotopic (exact) mass is 1150 g/mol. The topological polar surface area (TPSA) is 78.9 Å². The summed E-state index contributed by atoms with van der Waals surface area (Å²) in [6.07, 6.45) is 97.9. The number of hydrogen-bond acceptors (Lipinski definition) is 6. The van der Waals surface area contributed by atoms with Crippen LogP contribution in [0, 0.1) is 0 Å². The van der Waals surface area contributed by atoms with Crippen molar-refractivity contribution in [3.05, 3.63) is 122 Å². The largest absolute Gasteiger partial charge is 0.462 e. The standard InChI is InChI=1S/C77H130O6/c1-4-7-10-13-16-19-22-24-26-28-30-32-34-36-38-40-42-44-46-48-50-52-55-58-61-64-67-70-76(79)82-73-74(72-81-75(78)69-66-63-60-57-54-21-18-15-12-9-6-3)83-77(80)71-68-65-62-59-56-53-51-49-47-45-43-41-39-37-35-33-31-29-27-25-23-20-17-14-11-8-5-2/h7-8,10-11,16-17,19-20,24-27,30-33,36,38,42,44,74H,4-6,9,12-15,18,21-23,28-29,34-35,37,39-41,43,45-73H2,1-3H3/b10-7-,11-8-,19-16-,20-17-,26-24-,27-25-,32-30-,33-31-,38-36-,44-42-. The number of esters is 3. The van der Waals surface area contributed by atoms with E-state index >= 15 is 0 Å². The van der Waals surface area contributed by atoms with Crippen molar-refractivity contribution >= 4 is 17.9 Å². The normalized spacial score (nSPS) is 12.9. The fraction of sp³-hybridized carbons (Fsp3) is 0.701. The first-order valence-corrected chi connectivity index (χ1v) is 35.0. The van der Waals surface area contributed by atoms with Crippen molar-refractivity contribution in [2.75, 3.05) is 13.2 Å². The molecule has 1 unspecified atom stereocenters. The maximum Gasteiger partial charge on any atom is 0.306 e. The fourth-order valence-electron chi connectivity index (χ4n) is 9.79. The average molecular weight is 1150 g/mol. The van der Waals surface area contributed by atoms with Crippen molar-refractivity contribution in [2.45, 2.75) is 335 Å². The minimum Gasteiger partial charge on any atom is -0.462 e. The van der Waals surface area contributed by atoms with Crippen LogP contribution in [0.5, 0.6) is 0 Å². The molecule has 0 bridgehead atoms. The number of carbonyl (C=O) groups excluding carboxylic acids is 3. The van der Waals surface area contributed by atoms with Crippen molar-refractivity contribution in [3.8, 4) is 0 Å². The first-order valence-electron chi connectivity index (χ1n) is 35.0. The van der Waals surface area contributed by atoms with Gasteiger partial charge in [-0.2, -0.15) is 0 Å². The highest BCUT2D eigenvalue weighted by atomic mass is 16.6. The molecule has 0 rings (SSSR count). The third-order valence-corrected chi connectivity index (χ3v) is 15.0. The van der Waals surface area contributed by atoms with Gasteiger partial charge in [0, 0.05) is 19.3 Å². The summed E-state index contributed by atoms with van der Waals surface area (Å²) in [7, 11) is 0. The zero-order valence-corrected chi connectivity index (χ0v) is 54.4. The summed E-state index contributed by atoms with van der Waals surface area (Å²) in [6, 6.07) is 0. The minimum atomic E-state index is -0.784. The zero-order chi connectivity index (χ0) is 59.9. The van der Waals surface area contributed by atoms with E-state index in [9.17, 15) is 14.4 Å². The number of allylic oxidation sites excluding steroid dienone is 20. The molecule has 0 amide bonds. The van der Waals surface area contributed by atoms with E-state index in [4.69, 9.17) is 14.2 Å². The van der Waals surface area contributed by atoms with E-state index in [1.165, 1.54) is 161 Å². The van der Waals surface area contributed by atoms with Crippen LogP contribution in [-0.4, -0.2) is 37.2 Å². The molecule has 83 heavy (non-hydrogen) atoms. The first kappa shape index (κ1) is 78.8. The van der Waals surface area contributed by atoms with Crippen molar-refractivity contribution < 1.29 is 28.6 Å². The molecule has 0 aliphatic rings. The van der Waals surface area contributed by atoms with Crippen LogP contribution in [0.25, 0.3) is 0 Å². The molecule has 6 nitrogen and oxygen atoms in total. The molecule has 0 saturated carbocycles. The highest BCUT2D eigenvalue weighted by Crippen LogP contribution is 2.17. The van der Waals surface area contributed by atoms with E-state index in [0.717, 1.165) is 128 Å². The number of unbranched alkanes of at least 4 members (excludes halogenated alkanes) is 32. The van der Waals surface area contributed by atoms with Gasteiger partial charge in [0.15, 0.2) is 6.10 Å². The molecule has 0 aliphatic carbocycles. The average Bonchev–Trinajstić information content (AvgIpc) is 3.48. The Bertz CT molecular complexity index is 1700. The highest BCUT2D eigenvalue weighted by Gasteiger charge is 2.19. The summed E-state index contributed by atoms with van der Waals surface area (Å²) >= 11 is 0. The van der Waals surface area contributed by atoms with Gasteiger partial charge in [-0.3, -0.25) is 14.4 Å². The molecule has 0 N–H and O–H groups in total. The van der Waals surface area contributed by atoms with Crippen LogP contribution in [0.4, 0.5) is 0 Å². The van der Waals surface area contributed by atoms with Gasteiger partial charge in [-0.25, -0.2) is 0 Å². The van der Waals surface area contributed by atoms with Crippen molar-refractivity contribution in [3.63, 3.8) is 0 Å². The third-order valence-electron chi connectivity index (χ3n) is 15.0. The van der Waals surface area contributed by atoms with E-state index in [2.05, 4.69) is 142 Å². The Morgan fingerprint density at radius 1 is 0.253 bits per heavy atom. The van der Waals surface area contributed by atoms with E-state index in [1.54, 1.807) is 0 Å². The lowest BCUT2D eigenvalue weighted by atomic mass is 10.0. The molecule has 0 aromatic carbocycles. The second-order valence-corrected chi connectivity index (χ2v) is 23.0. The molecule has 0 spiro atoms. The van der Waals surface area contributed by atoms with Crippen LogP contribution in [-0.2, 0) is 28.6 Å². The molecule has 0 aromatic heterocycles. The van der Waals surface area contributed by atoms with Gasteiger partial charge >= 0.3 is 17.9 Å². The predicted molar refractivity (Wildman–Crippen MR) is 362 cm³/mol. The molecule has 1 atom stereocenters. The quantitative estimate of drug-likeness (QED) is 0.0261. The van der Waals surface area contributed by atoms with Crippen LogP contribution in [0.2, 0.25) is 0 Å².